The number of nitrogens with one attached hydrogen (secondary N) is 1. The summed E-state index contributed by atoms with van der Waals surface area (Å²) in [6, 6.07) is 3.23. The maximum absolute atomic E-state index is 13.2. The molecule has 0 aliphatic carbocycles. The summed E-state index contributed by atoms with van der Waals surface area (Å²) in [5.41, 5.74) is 2.11. The van der Waals surface area contributed by atoms with Gasteiger partial charge < -0.3 is 9.47 Å². The minimum Gasteiger partial charge on any atom is -0.481 e. The monoisotopic (exact) mass is 394 g/mol. The van der Waals surface area contributed by atoms with Crippen LogP contribution in [-0.2, 0) is 34.6 Å². The number of methoxy groups -OCH3 is 1. The lowest BCUT2D eigenvalue weighted by Gasteiger charge is -2.20. The van der Waals surface area contributed by atoms with Gasteiger partial charge in [-0.3, -0.25) is 4.68 Å². The molecule has 1 saturated heterocycles. The molecule has 0 spiro atoms. The number of sulfonamides is 1. The van der Waals surface area contributed by atoms with E-state index in [1.807, 2.05) is 19.9 Å². The molecule has 1 fully saturated rings. The molecule has 0 bridgehead atoms. The van der Waals surface area contributed by atoms with Crippen LogP contribution in [0.25, 0.3) is 0 Å². The van der Waals surface area contributed by atoms with Crippen molar-refractivity contribution < 1.29 is 17.9 Å². The molecule has 1 N–H and O–H groups in total. The van der Waals surface area contributed by atoms with Crippen molar-refractivity contribution in [2.24, 2.45) is 7.05 Å². The number of ether oxygens (including phenoxy) is 2. The zero-order valence-corrected chi connectivity index (χ0v) is 16.9. The summed E-state index contributed by atoms with van der Waals surface area (Å²) in [5.74, 6) is 0.504. The minimum absolute atomic E-state index is 0.300. The first-order valence-corrected chi connectivity index (χ1v) is 10.6. The average Bonchev–Trinajstić information content (AvgIpc) is 3.25. The van der Waals surface area contributed by atoms with E-state index in [9.17, 15) is 8.42 Å². The topological polar surface area (TPSA) is 95.3 Å². The van der Waals surface area contributed by atoms with Crippen LogP contribution in [0.1, 0.15) is 43.3 Å². The van der Waals surface area contributed by atoms with Crippen molar-refractivity contribution >= 4 is 10.0 Å². The third-order valence-corrected chi connectivity index (χ3v) is 6.44. The lowest BCUT2D eigenvalue weighted by molar-refractivity contribution is 0.102. The molecule has 27 heavy (non-hydrogen) atoms. The minimum atomic E-state index is -3.72. The lowest BCUT2D eigenvalue weighted by Crippen LogP contribution is -2.37. The van der Waals surface area contributed by atoms with Crippen molar-refractivity contribution in [1.82, 2.24) is 19.5 Å². The SMILES string of the molecule is CCc1nn(C)c(CC)c1S(=O)(=O)N[C@H]1CCO[C@@H]1c1ccc(OC)nc1. The van der Waals surface area contributed by atoms with Crippen LogP contribution in [0.3, 0.4) is 0 Å². The molecule has 0 amide bonds. The fourth-order valence-electron chi connectivity index (χ4n) is 3.51. The molecule has 0 saturated carbocycles. The van der Waals surface area contributed by atoms with E-state index in [-0.39, 0.29) is 12.1 Å². The fourth-order valence-corrected chi connectivity index (χ4v) is 5.35. The van der Waals surface area contributed by atoms with Gasteiger partial charge in [-0.1, -0.05) is 13.8 Å². The number of hydrogen-bond acceptors (Lipinski definition) is 6. The Bertz CT molecular complexity index is 893. The molecule has 9 heteroatoms. The van der Waals surface area contributed by atoms with Crippen molar-refractivity contribution in [1.29, 1.82) is 0 Å². The molecule has 2 aromatic rings. The van der Waals surface area contributed by atoms with Crippen LogP contribution in [-0.4, -0.2) is 42.9 Å². The van der Waals surface area contributed by atoms with Gasteiger partial charge in [-0.15, -0.1) is 0 Å². The van der Waals surface area contributed by atoms with E-state index in [0.717, 1.165) is 5.56 Å². The first-order valence-electron chi connectivity index (χ1n) is 9.09. The Balaban J connectivity index is 1.88. The molecular formula is C18H26N4O4S. The quantitative estimate of drug-likeness (QED) is 0.769. The summed E-state index contributed by atoms with van der Waals surface area (Å²) in [7, 11) is -0.390. The van der Waals surface area contributed by atoms with Crippen LogP contribution in [0.2, 0.25) is 0 Å². The molecule has 3 rings (SSSR count). The lowest BCUT2D eigenvalue weighted by atomic mass is 10.1. The number of rotatable bonds is 7. The van der Waals surface area contributed by atoms with Gasteiger partial charge in [-0.25, -0.2) is 18.1 Å². The molecule has 0 aromatic carbocycles. The Kier molecular flexibility index (Phi) is 5.83. The predicted octanol–water partition coefficient (Wildman–Crippen LogP) is 1.76. The van der Waals surface area contributed by atoms with Gasteiger partial charge in [-0.2, -0.15) is 5.10 Å². The van der Waals surface area contributed by atoms with Gasteiger partial charge in [0.1, 0.15) is 11.0 Å². The molecule has 148 valence electrons. The van der Waals surface area contributed by atoms with Crippen molar-refractivity contribution in [2.45, 2.75) is 50.2 Å². The summed E-state index contributed by atoms with van der Waals surface area (Å²) in [6.07, 6.45) is 3.02. The third kappa shape index (κ3) is 3.85. The van der Waals surface area contributed by atoms with Crippen LogP contribution >= 0.6 is 0 Å². The Morgan fingerprint density at radius 2 is 2.11 bits per heavy atom. The number of pyridine rings is 1. The maximum atomic E-state index is 13.2. The molecule has 2 aromatic heterocycles. The fraction of sp³-hybridized carbons (Fsp3) is 0.556. The Morgan fingerprint density at radius 1 is 1.33 bits per heavy atom. The highest BCUT2D eigenvalue weighted by Gasteiger charge is 2.36. The standard InChI is InChI=1S/C18H26N4O4S/c1-5-13-18(15(6-2)22(3)20-13)27(23,24)21-14-9-10-26-17(14)12-7-8-16(25-4)19-11-12/h7-8,11,14,17,21H,5-6,9-10H2,1-4H3/t14-,17+/m0/s1. The van der Waals surface area contributed by atoms with E-state index in [0.29, 0.717) is 48.0 Å². The summed E-state index contributed by atoms with van der Waals surface area (Å²) >= 11 is 0. The Labute approximate surface area is 159 Å². The van der Waals surface area contributed by atoms with Crippen molar-refractivity contribution in [3.63, 3.8) is 0 Å². The second kappa shape index (κ2) is 7.95. The highest BCUT2D eigenvalue weighted by Crippen LogP contribution is 2.31. The predicted molar refractivity (Wildman–Crippen MR) is 100 cm³/mol. The summed E-state index contributed by atoms with van der Waals surface area (Å²) in [5, 5.41) is 4.38. The molecule has 0 radical (unpaired) electrons. The summed E-state index contributed by atoms with van der Waals surface area (Å²) in [6.45, 7) is 4.32. The first-order chi connectivity index (χ1) is 12.9. The highest BCUT2D eigenvalue weighted by atomic mass is 32.2. The van der Waals surface area contributed by atoms with Crippen molar-refractivity contribution in [3.05, 3.63) is 35.3 Å². The zero-order chi connectivity index (χ0) is 19.6. The van der Waals surface area contributed by atoms with Crippen LogP contribution in [0.4, 0.5) is 0 Å². The smallest absolute Gasteiger partial charge is 0.244 e. The van der Waals surface area contributed by atoms with E-state index in [4.69, 9.17) is 9.47 Å². The van der Waals surface area contributed by atoms with Gasteiger partial charge in [0.2, 0.25) is 15.9 Å². The molecule has 3 heterocycles. The average molecular weight is 394 g/mol. The van der Waals surface area contributed by atoms with Crippen LogP contribution < -0.4 is 9.46 Å². The van der Waals surface area contributed by atoms with E-state index >= 15 is 0 Å². The van der Waals surface area contributed by atoms with Gasteiger partial charge >= 0.3 is 0 Å². The van der Waals surface area contributed by atoms with Gasteiger partial charge in [0.25, 0.3) is 0 Å². The van der Waals surface area contributed by atoms with E-state index in [1.54, 1.807) is 31.1 Å². The number of aryl methyl sites for hydroxylation is 2. The third-order valence-electron chi connectivity index (χ3n) is 4.82. The molecule has 1 aliphatic heterocycles. The summed E-state index contributed by atoms with van der Waals surface area (Å²) < 4.78 is 41.7. The normalized spacial score (nSPS) is 20.1. The van der Waals surface area contributed by atoms with Crippen LogP contribution in [0.5, 0.6) is 5.88 Å². The molecule has 1 aliphatic rings. The molecule has 8 nitrogen and oxygen atoms in total. The molecule has 0 unspecified atom stereocenters. The zero-order valence-electron chi connectivity index (χ0n) is 16.1. The van der Waals surface area contributed by atoms with E-state index < -0.39 is 10.0 Å². The number of nitrogens with zero attached hydrogens (tertiary/aromatic N) is 3. The van der Waals surface area contributed by atoms with Crippen molar-refractivity contribution in [2.75, 3.05) is 13.7 Å². The van der Waals surface area contributed by atoms with Gasteiger partial charge in [0.15, 0.2) is 0 Å². The van der Waals surface area contributed by atoms with Gasteiger partial charge in [-0.05, 0) is 25.3 Å². The number of aromatic nitrogens is 3. The second-order valence-electron chi connectivity index (χ2n) is 6.49. The Hall–Kier alpha value is -1.97. The second-order valence-corrected chi connectivity index (χ2v) is 8.15. The number of hydrogen-bond donors (Lipinski definition) is 1. The van der Waals surface area contributed by atoms with Crippen LogP contribution in [0.15, 0.2) is 23.2 Å². The first kappa shape index (κ1) is 19.8. The highest BCUT2D eigenvalue weighted by molar-refractivity contribution is 7.89. The largest absolute Gasteiger partial charge is 0.481 e. The summed E-state index contributed by atoms with van der Waals surface area (Å²) in [4.78, 5) is 4.50. The van der Waals surface area contributed by atoms with Crippen molar-refractivity contribution in [3.8, 4) is 5.88 Å². The van der Waals surface area contributed by atoms with Crippen LogP contribution in [0, 0.1) is 0 Å². The van der Waals surface area contributed by atoms with Gasteiger partial charge in [0.05, 0.1) is 24.5 Å². The molecule has 2 atom stereocenters. The van der Waals surface area contributed by atoms with Gasteiger partial charge in [0, 0.05) is 31.5 Å². The van der Waals surface area contributed by atoms with E-state index in [2.05, 4.69) is 14.8 Å². The molecular weight excluding hydrogens is 368 g/mol. The Morgan fingerprint density at radius 3 is 2.70 bits per heavy atom. The maximum Gasteiger partial charge on any atom is 0.244 e. The van der Waals surface area contributed by atoms with E-state index in [1.165, 1.54) is 0 Å².